The summed E-state index contributed by atoms with van der Waals surface area (Å²) in [6.07, 6.45) is 13.0. The van der Waals surface area contributed by atoms with Crippen LogP contribution in [0, 0.1) is 11.8 Å². The highest BCUT2D eigenvalue weighted by Crippen LogP contribution is 2.37. The molecule has 4 nitrogen and oxygen atoms in total. The molecule has 0 aromatic heterocycles. The van der Waals surface area contributed by atoms with Gasteiger partial charge < -0.3 is 15.3 Å². The first-order chi connectivity index (χ1) is 11.1. The maximum atomic E-state index is 12.1. The third-order valence-corrected chi connectivity index (χ3v) is 5.55. The summed E-state index contributed by atoms with van der Waals surface area (Å²) in [6.45, 7) is 0.256. The molecule has 3 atom stereocenters. The Bertz CT molecular complexity index is 400. The first-order valence-electron chi connectivity index (χ1n) is 9.26. The lowest BCUT2D eigenvalue weighted by Crippen LogP contribution is -2.35. The van der Waals surface area contributed by atoms with E-state index in [1.165, 1.54) is 0 Å². The van der Waals surface area contributed by atoms with Crippen LogP contribution in [0.25, 0.3) is 0 Å². The van der Waals surface area contributed by atoms with E-state index < -0.39 is 11.7 Å². The van der Waals surface area contributed by atoms with Gasteiger partial charge in [0.15, 0.2) is 0 Å². The van der Waals surface area contributed by atoms with Gasteiger partial charge in [0, 0.05) is 24.9 Å². The fourth-order valence-electron chi connectivity index (χ4n) is 3.83. The molecule has 0 bridgehead atoms. The molecule has 2 fully saturated rings. The van der Waals surface area contributed by atoms with E-state index >= 15 is 0 Å². The Morgan fingerprint density at radius 3 is 2.48 bits per heavy atom. The van der Waals surface area contributed by atoms with Crippen molar-refractivity contribution in [3.8, 4) is 0 Å². The summed E-state index contributed by atoms with van der Waals surface area (Å²) in [5, 5.41) is 29.0. The predicted molar refractivity (Wildman–Crippen MR) is 90.0 cm³/mol. The number of Topliss-reactive ketones (excluding diaryl/α,β-unsaturated/α-hetero) is 1. The predicted octanol–water partition coefficient (Wildman–Crippen LogP) is 2.75. The molecule has 0 aromatic carbocycles. The Balaban J connectivity index is 1.76. The summed E-state index contributed by atoms with van der Waals surface area (Å²) in [5.74, 6) is 0.0450. The minimum atomic E-state index is -0.561. The van der Waals surface area contributed by atoms with Crippen molar-refractivity contribution < 1.29 is 20.1 Å². The van der Waals surface area contributed by atoms with Gasteiger partial charge in [-0.2, -0.15) is 0 Å². The molecular formula is C19H32O4. The molecule has 0 aromatic rings. The largest absolute Gasteiger partial charge is 0.396 e. The zero-order valence-electron chi connectivity index (χ0n) is 14.1. The number of carbonyl (C=O) groups is 1. The van der Waals surface area contributed by atoms with Crippen molar-refractivity contribution in [2.75, 3.05) is 6.61 Å². The maximum Gasteiger partial charge on any atom is 0.139 e. The minimum Gasteiger partial charge on any atom is -0.396 e. The van der Waals surface area contributed by atoms with Gasteiger partial charge >= 0.3 is 0 Å². The van der Waals surface area contributed by atoms with Crippen LogP contribution in [-0.4, -0.2) is 39.4 Å². The highest BCUT2D eigenvalue weighted by atomic mass is 16.3. The van der Waals surface area contributed by atoms with Crippen molar-refractivity contribution in [1.29, 1.82) is 0 Å². The molecule has 0 unspecified atom stereocenters. The fraction of sp³-hybridized carbons (Fsp3) is 0.842. The van der Waals surface area contributed by atoms with E-state index in [4.69, 9.17) is 5.11 Å². The van der Waals surface area contributed by atoms with Crippen LogP contribution < -0.4 is 0 Å². The van der Waals surface area contributed by atoms with E-state index in [2.05, 4.69) is 0 Å². The molecule has 0 spiro atoms. The molecule has 0 amide bonds. The van der Waals surface area contributed by atoms with E-state index in [0.717, 1.165) is 57.8 Å². The van der Waals surface area contributed by atoms with Crippen LogP contribution in [0.4, 0.5) is 0 Å². The molecule has 0 radical (unpaired) electrons. The average molecular weight is 324 g/mol. The summed E-state index contributed by atoms with van der Waals surface area (Å²) in [7, 11) is 0. The lowest BCUT2D eigenvalue weighted by Gasteiger charge is -2.35. The van der Waals surface area contributed by atoms with E-state index in [-0.39, 0.29) is 30.6 Å². The molecule has 2 rings (SSSR count). The van der Waals surface area contributed by atoms with E-state index in [1.807, 2.05) is 12.2 Å². The van der Waals surface area contributed by atoms with Crippen molar-refractivity contribution in [2.24, 2.45) is 11.8 Å². The van der Waals surface area contributed by atoms with Crippen molar-refractivity contribution in [2.45, 2.75) is 82.3 Å². The van der Waals surface area contributed by atoms with Gasteiger partial charge in [-0.1, -0.05) is 37.8 Å². The molecule has 4 heteroatoms. The van der Waals surface area contributed by atoms with Crippen LogP contribution in [0.2, 0.25) is 0 Å². The van der Waals surface area contributed by atoms with Gasteiger partial charge in [0.05, 0.1) is 11.7 Å². The van der Waals surface area contributed by atoms with E-state index in [9.17, 15) is 15.0 Å². The maximum absolute atomic E-state index is 12.1. The van der Waals surface area contributed by atoms with Crippen molar-refractivity contribution in [3.05, 3.63) is 12.2 Å². The standard InChI is InChI=1S/C19H32O4/c20-13-5-3-1-2-4-8-15-16(18(22)14-17(15)21)9-6-10-19(23)11-7-12-19/h6,9,15-16,18,20,22-23H,1-5,7-8,10-14H2/b9-6+/t15-,16-,18-/m1/s1. The van der Waals surface area contributed by atoms with Gasteiger partial charge in [-0.15, -0.1) is 0 Å². The number of ketones is 1. The second-order valence-electron chi connectivity index (χ2n) is 7.41. The Labute approximate surface area is 139 Å². The Kier molecular flexibility index (Phi) is 7.25. The summed E-state index contributed by atoms with van der Waals surface area (Å²) in [4.78, 5) is 12.1. The van der Waals surface area contributed by atoms with Crippen LogP contribution in [-0.2, 0) is 4.79 Å². The second-order valence-corrected chi connectivity index (χ2v) is 7.41. The summed E-state index contributed by atoms with van der Waals surface area (Å²) < 4.78 is 0. The molecule has 3 N–H and O–H groups in total. The topological polar surface area (TPSA) is 77.8 Å². The van der Waals surface area contributed by atoms with Crippen molar-refractivity contribution in [1.82, 2.24) is 0 Å². The molecule has 2 aliphatic carbocycles. The van der Waals surface area contributed by atoms with Crippen LogP contribution in [0.3, 0.4) is 0 Å². The van der Waals surface area contributed by atoms with E-state index in [1.54, 1.807) is 0 Å². The number of aliphatic hydroxyl groups excluding tert-OH is 2. The monoisotopic (exact) mass is 324 g/mol. The van der Waals surface area contributed by atoms with Crippen molar-refractivity contribution >= 4 is 5.78 Å². The fourth-order valence-corrected chi connectivity index (χ4v) is 3.83. The smallest absolute Gasteiger partial charge is 0.139 e. The summed E-state index contributed by atoms with van der Waals surface area (Å²) in [5.41, 5.74) is -0.535. The molecule has 2 saturated carbocycles. The van der Waals surface area contributed by atoms with Gasteiger partial charge in [0.2, 0.25) is 0 Å². The van der Waals surface area contributed by atoms with Gasteiger partial charge in [0.25, 0.3) is 0 Å². The molecule has 0 aliphatic heterocycles. The highest BCUT2D eigenvalue weighted by molar-refractivity contribution is 5.84. The SMILES string of the molecule is O=C1C[C@@H](O)[C@H](/C=C/CC2(O)CCC2)[C@H]1CCCCCCCO. The van der Waals surface area contributed by atoms with Gasteiger partial charge in [-0.25, -0.2) is 0 Å². The number of unbranched alkanes of at least 4 members (excludes halogenated alkanes) is 4. The zero-order valence-corrected chi connectivity index (χ0v) is 14.1. The molecule has 23 heavy (non-hydrogen) atoms. The molecule has 2 aliphatic rings. The Morgan fingerprint density at radius 2 is 1.83 bits per heavy atom. The first kappa shape index (κ1) is 18.6. The normalized spacial score (nSPS) is 30.0. The first-order valence-corrected chi connectivity index (χ1v) is 9.26. The van der Waals surface area contributed by atoms with Crippen LogP contribution in [0.1, 0.15) is 70.6 Å². The van der Waals surface area contributed by atoms with Crippen molar-refractivity contribution in [3.63, 3.8) is 0 Å². The van der Waals surface area contributed by atoms with Crippen LogP contribution in [0.5, 0.6) is 0 Å². The number of aliphatic hydroxyl groups is 3. The van der Waals surface area contributed by atoms with E-state index in [0.29, 0.717) is 6.42 Å². The molecule has 0 saturated heterocycles. The highest BCUT2D eigenvalue weighted by Gasteiger charge is 2.39. The van der Waals surface area contributed by atoms with Crippen LogP contribution >= 0.6 is 0 Å². The molecular weight excluding hydrogens is 292 g/mol. The molecule has 132 valence electrons. The number of hydrogen-bond donors (Lipinski definition) is 3. The third kappa shape index (κ3) is 5.40. The second kappa shape index (κ2) is 8.95. The zero-order chi connectivity index (χ0) is 16.7. The summed E-state index contributed by atoms with van der Waals surface area (Å²) >= 11 is 0. The quantitative estimate of drug-likeness (QED) is 0.426. The minimum absolute atomic E-state index is 0.0601. The number of hydrogen-bond acceptors (Lipinski definition) is 4. The number of rotatable bonds is 10. The van der Waals surface area contributed by atoms with Gasteiger partial charge in [0.1, 0.15) is 5.78 Å². The lowest BCUT2D eigenvalue weighted by atomic mass is 9.77. The Hall–Kier alpha value is -0.710. The van der Waals surface area contributed by atoms with Gasteiger partial charge in [-0.05, 0) is 38.5 Å². The molecule has 0 heterocycles. The third-order valence-electron chi connectivity index (χ3n) is 5.55. The number of carbonyl (C=O) groups excluding carboxylic acids is 1. The van der Waals surface area contributed by atoms with Gasteiger partial charge in [-0.3, -0.25) is 4.79 Å². The summed E-state index contributed by atoms with van der Waals surface area (Å²) in [6, 6.07) is 0. The van der Waals surface area contributed by atoms with Crippen LogP contribution in [0.15, 0.2) is 12.2 Å². The Morgan fingerprint density at radius 1 is 1.13 bits per heavy atom. The average Bonchev–Trinajstić information content (AvgIpc) is 2.75. The lowest BCUT2D eigenvalue weighted by molar-refractivity contribution is -0.121.